The summed E-state index contributed by atoms with van der Waals surface area (Å²) >= 11 is 0. The van der Waals surface area contributed by atoms with E-state index in [1.807, 2.05) is 0 Å². The molecule has 0 unspecified atom stereocenters. The molecule has 2 N–H and O–H groups in total. The molecular weight excluding hydrogens is 344 g/mol. The van der Waals surface area contributed by atoms with E-state index < -0.39 is 23.7 Å². The van der Waals surface area contributed by atoms with E-state index in [-0.39, 0.29) is 24.2 Å². The fraction of sp³-hybridized carbons (Fsp3) is 0.222. The third-order valence-electron chi connectivity index (χ3n) is 4.32. The van der Waals surface area contributed by atoms with Crippen molar-refractivity contribution < 1.29 is 23.4 Å². The Labute approximate surface area is 147 Å². The summed E-state index contributed by atoms with van der Waals surface area (Å²) in [5.41, 5.74) is 1.39. The van der Waals surface area contributed by atoms with Gasteiger partial charge in [-0.05, 0) is 37.3 Å². The van der Waals surface area contributed by atoms with Crippen molar-refractivity contribution in [3.8, 4) is 0 Å². The smallest absolute Gasteiger partial charge is 0.343 e. The number of anilines is 2. The maximum Gasteiger partial charge on any atom is 0.343 e. The van der Waals surface area contributed by atoms with Crippen LogP contribution in [0, 0.1) is 11.6 Å². The zero-order valence-electron chi connectivity index (χ0n) is 13.8. The summed E-state index contributed by atoms with van der Waals surface area (Å²) in [4.78, 5) is 21.1. The fourth-order valence-electron chi connectivity index (χ4n) is 3.17. The lowest BCUT2D eigenvalue weighted by Gasteiger charge is -2.15. The monoisotopic (exact) mass is 359 g/mol. The fourth-order valence-corrected chi connectivity index (χ4v) is 3.17. The minimum absolute atomic E-state index is 0.114. The second-order valence-electron chi connectivity index (χ2n) is 5.93. The van der Waals surface area contributed by atoms with Gasteiger partial charge in [0.1, 0.15) is 22.7 Å². The van der Waals surface area contributed by atoms with Gasteiger partial charge in [0.25, 0.3) is 0 Å². The van der Waals surface area contributed by atoms with Gasteiger partial charge in [-0.25, -0.2) is 18.6 Å². The zero-order chi connectivity index (χ0) is 18.4. The van der Waals surface area contributed by atoms with Crippen molar-refractivity contribution in [1.29, 1.82) is 0 Å². The number of fused-ring (bicyclic) bond motifs is 2. The molecule has 0 fully saturated rings. The van der Waals surface area contributed by atoms with Gasteiger partial charge in [0.2, 0.25) is 5.95 Å². The second-order valence-corrected chi connectivity index (χ2v) is 5.93. The maximum atomic E-state index is 14.2. The average molecular weight is 359 g/mol. The summed E-state index contributed by atoms with van der Waals surface area (Å²) in [6.45, 7) is 1.91. The molecule has 0 saturated heterocycles. The van der Waals surface area contributed by atoms with Crippen LogP contribution in [0.15, 0.2) is 30.3 Å². The second kappa shape index (κ2) is 6.06. The highest BCUT2D eigenvalue weighted by Crippen LogP contribution is 2.39. The van der Waals surface area contributed by atoms with E-state index in [4.69, 9.17) is 4.74 Å². The van der Waals surface area contributed by atoms with Crippen LogP contribution < -0.4 is 4.90 Å². The van der Waals surface area contributed by atoms with Crippen molar-refractivity contribution in [2.75, 3.05) is 18.1 Å². The van der Waals surface area contributed by atoms with Crippen LogP contribution in [0.1, 0.15) is 28.9 Å². The van der Waals surface area contributed by atoms with Crippen molar-refractivity contribution in [1.82, 2.24) is 9.97 Å². The number of ether oxygens (including phenoxy) is 1. The molecule has 0 bridgehead atoms. The Morgan fingerprint density at radius 1 is 1.38 bits per heavy atom. The molecule has 8 heteroatoms. The van der Waals surface area contributed by atoms with Crippen molar-refractivity contribution in [2.45, 2.75) is 13.0 Å². The van der Waals surface area contributed by atoms with Crippen LogP contribution in [0.3, 0.4) is 0 Å². The van der Waals surface area contributed by atoms with E-state index in [2.05, 4.69) is 9.97 Å². The number of imidazole rings is 1. The Hall–Kier alpha value is -3.00. The Balaban J connectivity index is 1.83. The standard InChI is InChI=1S/C18H15F2N3O3/c1-2-26-17(25)15-11(20)4-5-12-16(15)22-18(21-12)23-8-14(24)10-7-9(19)3-6-13(10)23/h3-7,14,24H,2,8H2,1H3,(H,21,22)/t14-/m1/s1. The number of halogens is 2. The number of nitrogens with zero attached hydrogens (tertiary/aromatic N) is 2. The minimum Gasteiger partial charge on any atom is -0.462 e. The molecule has 2 aromatic carbocycles. The SMILES string of the molecule is CCOC(=O)c1c(F)ccc2[nH]c(N3C[C@@H](O)c4cc(F)ccc43)nc12. The number of hydrogen-bond donors (Lipinski definition) is 2. The van der Waals surface area contributed by atoms with Crippen LogP contribution in [-0.2, 0) is 4.74 Å². The molecule has 0 spiro atoms. The number of carbonyl (C=O) groups is 1. The van der Waals surface area contributed by atoms with E-state index in [0.717, 1.165) is 0 Å². The first-order valence-electron chi connectivity index (χ1n) is 8.10. The Kier molecular flexibility index (Phi) is 3.84. The first-order chi connectivity index (χ1) is 12.5. The molecule has 1 aliphatic heterocycles. The van der Waals surface area contributed by atoms with Crippen molar-refractivity contribution in [3.05, 3.63) is 53.1 Å². The van der Waals surface area contributed by atoms with E-state index in [9.17, 15) is 18.7 Å². The third-order valence-corrected chi connectivity index (χ3v) is 4.32. The minimum atomic E-state index is -0.879. The van der Waals surface area contributed by atoms with Crippen LogP contribution in [0.5, 0.6) is 0 Å². The number of carbonyl (C=O) groups excluding carboxylic acids is 1. The van der Waals surface area contributed by atoms with Crippen molar-refractivity contribution in [3.63, 3.8) is 0 Å². The van der Waals surface area contributed by atoms with E-state index in [1.54, 1.807) is 17.9 Å². The van der Waals surface area contributed by atoms with Crippen LogP contribution >= 0.6 is 0 Å². The third kappa shape index (κ3) is 2.50. The number of aliphatic hydroxyl groups excluding tert-OH is 1. The molecule has 0 aliphatic carbocycles. The number of β-amino-alcohol motifs (C(OH)–C–C–N with tert-alkyl or cyclic N) is 1. The summed E-state index contributed by atoms with van der Waals surface area (Å²) in [6, 6.07) is 6.74. The van der Waals surface area contributed by atoms with E-state index in [0.29, 0.717) is 22.7 Å². The highest BCUT2D eigenvalue weighted by Gasteiger charge is 2.31. The number of hydrogen-bond acceptors (Lipinski definition) is 5. The number of rotatable bonds is 3. The number of nitrogens with one attached hydrogen (secondary N) is 1. The maximum absolute atomic E-state index is 14.2. The molecular formula is C18H15F2N3O3. The van der Waals surface area contributed by atoms with Crippen LogP contribution in [0.4, 0.5) is 20.4 Å². The number of aromatic nitrogens is 2. The van der Waals surface area contributed by atoms with Gasteiger partial charge in [-0.3, -0.25) is 0 Å². The van der Waals surface area contributed by atoms with Gasteiger partial charge in [0.05, 0.1) is 24.8 Å². The Morgan fingerprint density at radius 2 is 2.19 bits per heavy atom. The molecule has 0 amide bonds. The first kappa shape index (κ1) is 16.5. The number of benzene rings is 2. The van der Waals surface area contributed by atoms with Gasteiger partial charge in [0, 0.05) is 11.3 Å². The molecule has 1 aliphatic rings. The van der Waals surface area contributed by atoms with Gasteiger partial charge in [0.15, 0.2) is 0 Å². The lowest BCUT2D eigenvalue weighted by atomic mass is 10.1. The van der Waals surface area contributed by atoms with Gasteiger partial charge in [-0.1, -0.05) is 0 Å². The van der Waals surface area contributed by atoms with Gasteiger partial charge in [-0.15, -0.1) is 0 Å². The lowest BCUT2D eigenvalue weighted by Crippen LogP contribution is -2.16. The predicted molar refractivity (Wildman–Crippen MR) is 90.4 cm³/mol. The normalized spacial score (nSPS) is 16.2. The van der Waals surface area contributed by atoms with E-state index >= 15 is 0 Å². The molecule has 0 saturated carbocycles. The molecule has 6 nitrogen and oxygen atoms in total. The lowest BCUT2D eigenvalue weighted by molar-refractivity contribution is 0.0523. The zero-order valence-corrected chi connectivity index (χ0v) is 13.8. The highest BCUT2D eigenvalue weighted by molar-refractivity contribution is 6.03. The summed E-state index contributed by atoms with van der Waals surface area (Å²) in [5, 5.41) is 10.2. The number of aliphatic hydroxyl groups is 1. The Bertz CT molecular complexity index is 1020. The number of H-pyrrole nitrogens is 1. The summed E-state index contributed by atoms with van der Waals surface area (Å²) < 4.78 is 32.5. The molecule has 2 heterocycles. The molecule has 0 radical (unpaired) electrons. The quantitative estimate of drug-likeness (QED) is 0.702. The summed E-state index contributed by atoms with van der Waals surface area (Å²) in [6.07, 6.45) is -0.879. The summed E-state index contributed by atoms with van der Waals surface area (Å²) in [5.74, 6) is -1.64. The first-order valence-corrected chi connectivity index (χ1v) is 8.10. The highest BCUT2D eigenvalue weighted by atomic mass is 19.1. The Morgan fingerprint density at radius 3 is 2.96 bits per heavy atom. The molecule has 134 valence electrons. The summed E-state index contributed by atoms with van der Waals surface area (Å²) in [7, 11) is 0. The largest absolute Gasteiger partial charge is 0.462 e. The van der Waals surface area contributed by atoms with Crippen LogP contribution in [0.25, 0.3) is 11.0 Å². The topological polar surface area (TPSA) is 78.5 Å². The van der Waals surface area contributed by atoms with Gasteiger partial charge in [-0.2, -0.15) is 0 Å². The molecule has 26 heavy (non-hydrogen) atoms. The van der Waals surface area contributed by atoms with Gasteiger partial charge < -0.3 is 19.7 Å². The molecule has 1 atom stereocenters. The van der Waals surface area contributed by atoms with Gasteiger partial charge >= 0.3 is 5.97 Å². The van der Waals surface area contributed by atoms with Crippen molar-refractivity contribution >= 4 is 28.6 Å². The molecule has 1 aromatic heterocycles. The average Bonchev–Trinajstić information content (AvgIpc) is 3.16. The molecule has 4 rings (SSSR count). The van der Waals surface area contributed by atoms with E-state index in [1.165, 1.54) is 24.3 Å². The van der Waals surface area contributed by atoms with Crippen LogP contribution in [-0.4, -0.2) is 34.2 Å². The van der Waals surface area contributed by atoms with Crippen LogP contribution in [0.2, 0.25) is 0 Å². The number of aromatic amines is 1. The van der Waals surface area contributed by atoms with Crippen molar-refractivity contribution in [2.24, 2.45) is 0 Å². The predicted octanol–water partition coefficient (Wildman–Crippen LogP) is 3.20. The number of esters is 1. The molecule has 3 aromatic rings.